The number of aldehydes is 1. The van der Waals surface area contributed by atoms with Crippen LogP contribution in [0.25, 0.3) is 6.08 Å². The monoisotopic (exact) mass is 192 g/mol. The Balaban J connectivity index is 2.79. The van der Waals surface area contributed by atoms with Crippen LogP contribution in [-0.4, -0.2) is 18.3 Å². The van der Waals surface area contributed by atoms with E-state index in [1.54, 1.807) is 11.8 Å². The van der Waals surface area contributed by atoms with Gasteiger partial charge in [-0.2, -0.15) is 11.8 Å². The van der Waals surface area contributed by atoms with Crippen LogP contribution in [0.4, 0.5) is 0 Å². The summed E-state index contributed by atoms with van der Waals surface area (Å²) in [5, 5.41) is 0. The van der Waals surface area contributed by atoms with E-state index in [0.29, 0.717) is 0 Å². The molecule has 13 heavy (non-hydrogen) atoms. The summed E-state index contributed by atoms with van der Waals surface area (Å²) < 4.78 is 0. The van der Waals surface area contributed by atoms with Crippen molar-refractivity contribution in [3.63, 3.8) is 0 Å². The van der Waals surface area contributed by atoms with Crippen LogP contribution in [0.15, 0.2) is 35.9 Å². The maximum atomic E-state index is 10.6. The molecule has 0 radical (unpaired) electrons. The molecule has 0 unspecified atom stereocenters. The predicted molar refractivity (Wildman–Crippen MR) is 58.9 cm³/mol. The van der Waals surface area contributed by atoms with Crippen molar-refractivity contribution in [3.8, 4) is 0 Å². The van der Waals surface area contributed by atoms with Gasteiger partial charge in [0.15, 0.2) is 0 Å². The molecule has 0 aliphatic heterocycles. The fourth-order valence-electron chi connectivity index (χ4n) is 1.04. The molecule has 1 nitrogen and oxygen atoms in total. The van der Waals surface area contributed by atoms with E-state index in [4.69, 9.17) is 0 Å². The minimum absolute atomic E-state index is 0.776. The molecule has 0 amide bonds. The molecular formula is C11H12OS. The first kappa shape index (κ1) is 10.1. The van der Waals surface area contributed by atoms with Gasteiger partial charge in [-0.25, -0.2) is 0 Å². The summed E-state index contributed by atoms with van der Waals surface area (Å²) in [5.41, 5.74) is 1.91. The van der Waals surface area contributed by atoms with Crippen molar-refractivity contribution < 1.29 is 4.79 Å². The molecule has 0 heterocycles. The van der Waals surface area contributed by atoms with E-state index in [-0.39, 0.29) is 0 Å². The molecule has 1 aromatic rings. The van der Waals surface area contributed by atoms with Crippen LogP contribution >= 0.6 is 11.8 Å². The zero-order chi connectivity index (χ0) is 9.52. The first-order chi connectivity index (χ1) is 6.36. The van der Waals surface area contributed by atoms with Crippen LogP contribution in [0.2, 0.25) is 0 Å². The lowest BCUT2D eigenvalue weighted by molar-refractivity contribution is -0.104. The molecule has 0 N–H and O–H groups in total. The minimum Gasteiger partial charge on any atom is -0.298 e. The molecule has 0 bridgehead atoms. The topological polar surface area (TPSA) is 17.1 Å². The van der Waals surface area contributed by atoms with Gasteiger partial charge < -0.3 is 0 Å². The number of carbonyl (C=O) groups is 1. The van der Waals surface area contributed by atoms with Crippen LogP contribution < -0.4 is 0 Å². The van der Waals surface area contributed by atoms with Gasteiger partial charge in [0.25, 0.3) is 0 Å². The molecule has 0 atom stereocenters. The van der Waals surface area contributed by atoms with Crippen molar-refractivity contribution in [2.24, 2.45) is 0 Å². The lowest BCUT2D eigenvalue weighted by Crippen LogP contribution is -1.87. The molecule has 2 heteroatoms. The fraction of sp³-hybridized carbons (Fsp3) is 0.182. The molecule has 0 aliphatic carbocycles. The number of carbonyl (C=O) groups excluding carboxylic acids is 1. The Morgan fingerprint density at radius 3 is 2.62 bits per heavy atom. The van der Waals surface area contributed by atoms with E-state index in [2.05, 4.69) is 0 Å². The third kappa shape index (κ3) is 3.47. The molecule has 0 aliphatic rings. The average molecular weight is 192 g/mol. The second-order valence-electron chi connectivity index (χ2n) is 2.68. The zero-order valence-electron chi connectivity index (χ0n) is 7.57. The SMILES string of the molecule is CSCC(C=O)=Cc1ccccc1. The van der Waals surface area contributed by atoms with Crippen molar-refractivity contribution >= 4 is 24.1 Å². The van der Waals surface area contributed by atoms with E-state index in [9.17, 15) is 4.79 Å². The number of hydrogen-bond acceptors (Lipinski definition) is 2. The highest BCUT2D eigenvalue weighted by atomic mass is 32.2. The third-order valence-electron chi connectivity index (χ3n) is 1.61. The Morgan fingerprint density at radius 2 is 2.08 bits per heavy atom. The Morgan fingerprint density at radius 1 is 1.38 bits per heavy atom. The van der Waals surface area contributed by atoms with Gasteiger partial charge in [0, 0.05) is 11.3 Å². The summed E-state index contributed by atoms with van der Waals surface area (Å²) in [6.45, 7) is 0. The van der Waals surface area contributed by atoms with Gasteiger partial charge in [-0.1, -0.05) is 30.3 Å². The van der Waals surface area contributed by atoms with E-state index >= 15 is 0 Å². The highest BCUT2D eigenvalue weighted by Gasteiger charge is 1.93. The van der Waals surface area contributed by atoms with Crippen molar-refractivity contribution in [1.82, 2.24) is 0 Å². The molecule has 0 spiro atoms. The number of hydrogen-bond donors (Lipinski definition) is 0. The van der Waals surface area contributed by atoms with Gasteiger partial charge in [-0.15, -0.1) is 0 Å². The van der Waals surface area contributed by atoms with Crippen LogP contribution in [0, 0.1) is 0 Å². The van der Waals surface area contributed by atoms with Gasteiger partial charge in [0.05, 0.1) is 0 Å². The maximum Gasteiger partial charge on any atom is 0.146 e. The predicted octanol–water partition coefficient (Wildman–Crippen LogP) is 2.63. The van der Waals surface area contributed by atoms with E-state index < -0.39 is 0 Å². The largest absolute Gasteiger partial charge is 0.298 e. The first-order valence-electron chi connectivity index (χ1n) is 4.06. The summed E-state index contributed by atoms with van der Waals surface area (Å²) in [7, 11) is 0. The second-order valence-corrected chi connectivity index (χ2v) is 3.55. The molecule has 1 aromatic carbocycles. The normalized spacial score (nSPS) is 11.3. The quantitative estimate of drug-likeness (QED) is 0.539. The number of thioether (sulfide) groups is 1. The molecule has 0 aromatic heterocycles. The number of benzene rings is 1. The van der Waals surface area contributed by atoms with Gasteiger partial charge in [0.2, 0.25) is 0 Å². The lowest BCUT2D eigenvalue weighted by Gasteiger charge is -1.96. The fourth-order valence-corrected chi connectivity index (χ4v) is 1.52. The van der Waals surface area contributed by atoms with Gasteiger partial charge in [0.1, 0.15) is 6.29 Å². The summed E-state index contributed by atoms with van der Waals surface area (Å²) in [6, 6.07) is 9.88. The standard InChI is InChI=1S/C11H12OS/c1-13-9-11(8-12)7-10-5-3-2-4-6-10/h2-8H,9H2,1H3. The van der Waals surface area contributed by atoms with Crippen LogP contribution in [0.5, 0.6) is 0 Å². The van der Waals surface area contributed by atoms with Crippen LogP contribution in [-0.2, 0) is 4.79 Å². The Hall–Kier alpha value is -1.02. The van der Waals surface area contributed by atoms with Gasteiger partial charge >= 0.3 is 0 Å². The highest BCUT2D eigenvalue weighted by Crippen LogP contribution is 2.08. The molecular weight excluding hydrogens is 180 g/mol. The molecule has 0 fully saturated rings. The summed E-state index contributed by atoms with van der Waals surface area (Å²) in [4.78, 5) is 10.6. The number of rotatable bonds is 4. The van der Waals surface area contributed by atoms with Crippen LogP contribution in [0.1, 0.15) is 5.56 Å². The molecule has 0 saturated carbocycles. The summed E-state index contributed by atoms with van der Waals surface area (Å²) in [5.74, 6) is 0.776. The van der Waals surface area contributed by atoms with Crippen LogP contribution in [0.3, 0.4) is 0 Å². The molecule has 0 saturated heterocycles. The Bertz CT molecular complexity index is 290. The maximum absolute atomic E-state index is 10.6. The molecule has 68 valence electrons. The average Bonchev–Trinajstić information content (AvgIpc) is 2.19. The zero-order valence-corrected chi connectivity index (χ0v) is 8.38. The van der Waals surface area contributed by atoms with Gasteiger partial charge in [-0.3, -0.25) is 4.79 Å². The minimum atomic E-state index is 0.776. The first-order valence-corrected chi connectivity index (χ1v) is 5.46. The summed E-state index contributed by atoms with van der Waals surface area (Å²) in [6.07, 6.45) is 4.83. The third-order valence-corrected chi connectivity index (χ3v) is 2.24. The highest BCUT2D eigenvalue weighted by molar-refractivity contribution is 7.98. The van der Waals surface area contributed by atoms with Crippen molar-refractivity contribution in [2.75, 3.05) is 12.0 Å². The Labute approximate surface area is 82.9 Å². The summed E-state index contributed by atoms with van der Waals surface area (Å²) >= 11 is 1.65. The Kier molecular flexibility index (Phi) is 4.33. The van der Waals surface area contributed by atoms with Crippen molar-refractivity contribution in [2.45, 2.75) is 0 Å². The molecule has 1 rings (SSSR count). The van der Waals surface area contributed by atoms with Gasteiger partial charge in [-0.05, 0) is 17.9 Å². The van der Waals surface area contributed by atoms with E-state index in [1.165, 1.54) is 0 Å². The second kappa shape index (κ2) is 5.60. The van der Waals surface area contributed by atoms with Crippen molar-refractivity contribution in [1.29, 1.82) is 0 Å². The smallest absolute Gasteiger partial charge is 0.146 e. The lowest BCUT2D eigenvalue weighted by atomic mass is 10.1. The van der Waals surface area contributed by atoms with Crippen molar-refractivity contribution in [3.05, 3.63) is 41.5 Å². The van der Waals surface area contributed by atoms with E-state index in [1.807, 2.05) is 42.7 Å². The van der Waals surface area contributed by atoms with E-state index in [0.717, 1.165) is 23.2 Å².